The van der Waals surface area contributed by atoms with Gasteiger partial charge in [-0.25, -0.2) is 4.39 Å². The third-order valence-corrected chi connectivity index (χ3v) is 3.80. The van der Waals surface area contributed by atoms with Gasteiger partial charge in [-0.1, -0.05) is 12.1 Å². The van der Waals surface area contributed by atoms with Crippen LogP contribution in [0.5, 0.6) is 0 Å². The Morgan fingerprint density at radius 2 is 2.00 bits per heavy atom. The zero-order valence-electron chi connectivity index (χ0n) is 11.8. The molecule has 1 atom stereocenters. The number of para-hydroxylation sites is 1. The molecule has 1 aliphatic rings. The Morgan fingerprint density at radius 3 is 2.60 bits per heavy atom. The Bertz CT molecular complexity index is 463. The molecule has 1 aliphatic heterocycles. The Kier molecular flexibility index (Phi) is 5.33. The Balaban J connectivity index is 1.81. The van der Waals surface area contributed by atoms with Crippen LogP contribution in [0.1, 0.15) is 6.42 Å². The molecule has 1 fully saturated rings. The molecule has 0 radical (unpaired) electrons. The smallest absolute Gasteiger partial charge is 0.146 e. The zero-order chi connectivity index (χ0) is 14.4. The van der Waals surface area contributed by atoms with Crippen LogP contribution >= 0.6 is 0 Å². The van der Waals surface area contributed by atoms with E-state index in [1.54, 1.807) is 6.07 Å². The second kappa shape index (κ2) is 7.22. The predicted molar refractivity (Wildman–Crippen MR) is 78.1 cm³/mol. The van der Waals surface area contributed by atoms with Crippen LogP contribution in [0.2, 0.25) is 0 Å². The van der Waals surface area contributed by atoms with E-state index < -0.39 is 0 Å². The van der Waals surface area contributed by atoms with Gasteiger partial charge in [0.1, 0.15) is 5.82 Å². The minimum atomic E-state index is -0.152. The minimum Gasteiger partial charge on any atom is -0.367 e. The first-order chi connectivity index (χ1) is 9.74. The highest BCUT2D eigenvalue weighted by Gasteiger charge is 2.19. The van der Waals surface area contributed by atoms with Crippen molar-refractivity contribution in [1.82, 2.24) is 10.2 Å². The average Bonchev–Trinajstić information content (AvgIpc) is 2.49. The summed E-state index contributed by atoms with van der Waals surface area (Å²) in [7, 11) is 1.81. The molecule has 5 heteroatoms. The fourth-order valence-electron chi connectivity index (χ4n) is 2.51. The maximum Gasteiger partial charge on any atom is 0.146 e. The molecular formula is C15H21FN4. The summed E-state index contributed by atoms with van der Waals surface area (Å²) in [6.45, 7) is 4.39. The first-order valence-electron chi connectivity index (χ1n) is 7.03. The molecular weight excluding hydrogens is 255 g/mol. The highest BCUT2D eigenvalue weighted by atomic mass is 19.1. The molecule has 1 aromatic rings. The van der Waals surface area contributed by atoms with Crippen LogP contribution in [-0.4, -0.2) is 50.7 Å². The van der Waals surface area contributed by atoms with E-state index in [-0.39, 0.29) is 11.9 Å². The highest BCUT2D eigenvalue weighted by molar-refractivity contribution is 5.47. The van der Waals surface area contributed by atoms with Gasteiger partial charge in [-0.3, -0.25) is 4.90 Å². The van der Waals surface area contributed by atoms with E-state index in [9.17, 15) is 4.39 Å². The van der Waals surface area contributed by atoms with Crippen LogP contribution in [0.3, 0.4) is 0 Å². The molecule has 0 spiro atoms. The molecule has 0 bridgehead atoms. The summed E-state index contributed by atoms with van der Waals surface area (Å²) in [6, 6.07) is 9.08. The molecule has 1 saturated heterocycles. The van der Waals surface area contributed by atoms with Crippen molar-refractivity contribution in [2.24, 2.45) is 0 Å². The second-order valence-electron chi connectivity index (χ2n) is 5.04. The molecule has 20 heavy (non-hydrogen) atoms. The molecule has 1 heterocycles. The van der Waals surface area contributed by atoms with Crippen molar-refractivity contribution in [2.75, 3.05) is 44.7 Å². The van der Waals surface area contributed by atoms with Crippen LogP contribution in [-0.2, 0) is 0 Å². The summed E-state index contributed by atoms with van der Waals surface area (Å²) in [5, 5.41) is 11.9. The van der Waals surface area contributed by atoms with Crippen LogP contribution in [0, 0.1) is 17.1 Å². The quantitative estimate of drug-likeness (QED) is 0.884. The number of benzene rings is 1. The molecule has 2 rings (SSSR count). The number of nitriles is 1. The molecule has 4 nitrogen and oxygen atoms in total. The summed E-state index contributed by atoms with van der Waals surface area (Å²) in [4.78, 5) is 4.42. The topological polar surface area (TPSA) is 42.3 Å². The normalized spacial score (nSPS) is 17.8. The number of hydrogen-bond acceptors (Lipinski definition) is 4. The van der Waals surface area contributed by atoms with E-state index in [1.807, 2.05) is 19.2 Å². The summed E-state index contributed by atoms with van der Waals surface area (Å²) >= 11 is 0. The molecule has 0 amide bonds. The lowest BCUT2D eigenvalue weighted by atomic mass is 10.2. The van der Waals surface area contributed by atoms with Gasteiger partial charge in [0.25, 0.3) is 0 Å². The van der Waals surface area contributed by atoms with Crippen molar-refractivity contribution in [3.63, 3.8) is 0 Å². The van der Waals surface area contributed by atoms with Crippen molar-refractivity contribution >= 4 is 5.69 Å². The summed E-state index contributed by atoms with van der Waals surface area (Å²) in [5.41, 5.74) is 0.692. The number of halogens is 1. The maximum atomic E-state index is 13.7. The van der Waals surface area contributed by atoms with Crippen molar-refractivity contribution < 1.29 is 4.39 Å². The van der Waals surface area contributed by atoms with Crippen LogP contribution in [0.4, 0.5) is 10.1 Å². The molecule has 108 valence electrons. The van der Waals surface area contributed by atoms with Gasteiger partial charge in [0.15, 0.2) is 0 Å². The number of anilines is 1. The van der Waals surface area contributed by atoms with E-state index in [1.165, 1.54) is 6.07 Å². The molecule has 0 saturated carbocycles. The van der Waals surface area contributed by atoms with Crippen molar-refractivity contribution in [3.8, 4) is 6.07 Å². The summed E-state index contributed by atoms with van der Waals surface area (Å²) in [6.07, 6.45) is 0.826. The molecule has 1 aromatic carbocycles. The largest absolute Gasteiger partial charge is 0.367 e. The van der Waals surface area contributed by atoms with Gasteiger partial charge >= 0.3 is 0 Å². The summed E-state index contributed by atoms with van der Waals surface area (Å²) in [5.74, 6) is -0.152. The second-order valence-corrected chi connectivity index (χ2v) is 5.04. The first kappa shape index (κ1) is 14.8. The fourth-order valence-corrected chi connectivity index (χ4v) is 2.51. The third-order valence-electron chi connectivity index (χ3n) is 3.80. The highest BCUT2D eigenvalue weighted by Crippen LogP contribution is 2.20. The SMILES string of the molecule is CNC(C#N)CCN1CCN(c2ccccc2F)CC1. The van der Waals surface area contributed by atoms with Crippen molar-refractivity contribution in [3.05, 3.63) is 30.1 Å². The standard InChI is InChI=1S/C15H21FN4/c1-18-13(12-17)6-7-19-8-10-20(11-9-19)15-5-3-2-4-14(15)16/h2-5,13,18H,6-11H2,1H3. The molecule has 1 unspecified atom stereocenters. The van der Waals surface area contributed by atoms with Gasteiger partial charge < -0.3 is 10.2 Å². The van der Waals surface area contributed by atoms with Gasteiger partial charge in [0, 0.05) is 32.7 Å². The lowest BCUT2D eigenvalue weighted by molar-refractivity contribution is 0.249. The van der Waals surface area contributed by atoms with Gasteiger partial charge in [-0.15, -0.1) is 0 Å². The number of piperazine rings is 1. The zero-order valence-corrected chi connectivity index (χ0v) is 11.8. The number of nitrogens with zero attached hydrogens (tertiary/aromatic N) is 3. The van der Waals surface area contributed by atoms with Crippen molar-refractivity contribution in [1.29, 1.82) is 5.26 Å². The van der Waals surface area contributed by atoms with Gasteiger partial charge in [-0.2, -0.15) is 5.26 Å². The lowest BCUT2D eigenvalue weighted by Crippen LogP contribution is -2.47. The number of hydrogen-bond donors (Lipinski definition) is 1. The monoisotopic (exact) mass is 276 g/mol. The van der Waals surface area contributed by atoms with E-state index in [0.717, 1.165) is 39.1 Å². The average molecular weight is 276 g/mol. The molecule has 0 aromatic heterocycles. The Labute approximate surface area is 119 Å². The Morgan fingerprint density at radius 1 is 1.30 bits per heavy atom. The van der Waals surface area contributed by atoms with Crippen molar-refractivity contribution in [2.45, 2.75) is 12.5 Å². The lowest BCUT2D eigenvalue weighted by Gasteiger charge is -2.36. The van der Waals surface area contributed by atoms with Gasteiger partial charge in [0.2, 0.25) is 0 Å². The van der Waals surface area contributed by atoms with Crippen LogP contribution < -0.4 is 10.2 Å². The molecule has 1 N–H and O–H groups in total. The van der Waals surface area contributed by atoms with E-state index in [4.69, 9.17) is 5.26 Å². The van der Waals surface area contributed by atoms with Crippen LogP contribution in [0.15, 0.2) is 24.3 Å². The number of nitrogens with one attached hydrogen (secondary N) is 1. The van der Waals surface area contributed by atoms with E-state index >= 15 is 0 Å². The predicted octanol–water partition coefficient (Wildman–Crippen LogP) is 1.45. The van der Waals surface area contributed by atoms with Gasteiger partial charge in [0.05, 0.1) is 17.8 Å². The van der Waals surface area contributed by atoms with Gasteiger partial charge in [-0.05, 0) is 25.6 Å². The molecule has 0 aliphatic carbocycles. The first-order valence-corrected chi connectivity index (χ1v) is 7.03. The van der Waals surface area contributed by atoms with Crippen LogP contribution in [0.25, 0.3) is 0 Å². The summed E-state index contributed by atoms with van der Waals surface area (Å²) < 4.78 is 13.7. The number of rotatable bonds is 5. The maximum absolute atomic E-state index is 13.7. The third kappa shape index (κ3) is 3.69. The van der Waals surface area contributed by atoms with E-state index in [2.05, 4.69) is 21.2 Å². The Hall–Kier alpha value is -1.64. The fraction of sp³-hybridized carbons (Fsp3) is 0.533. The van der Waals surface area contributed by atoms with E-state index in [0.29, 0.717) is 5.69 Å². The minimum absolute atomic E-state index is 0.0837.